The van der Waals surface area contributed by atoms with Crippen LogP contribution in [0.5, 0.6) is 0 Å². The van der Waals surface area contributed by atoms with E-state index >= 15 is 0 Å². The number of ether oxygens (including phenoxy) is 2. The molecule has 4 saturated carbocycles. The molecule has 4 aliphatic rings. The molecule has 0 saturated heterocycles. The molecule has 4 aliphatic carbocycles. The molecule has 0 spiro atoms. The minimum atomic E-state index is -1.04. The Hall–Kier alpha value is -0.420. The van der Waals surface area contributed by atoms with E-state index < -0.39 is 12.3 Å². The smallest absolute Gasteiger partial charge is 0.319 e. The lowest BCUT2D eigenvalue weighted by Gasteiger charge is -2.56. The van der Waals surface area contributed by atoms with Crippen LogP contribution in [0.2, 0.25) is 0 Å². The third-order valence-electron chi connectivity index (χ3n) is 5.52. The van der Waals surface area contributed by atoms with Gasteiger partial charge in [0.05, 0.1) is 6.10 Å². The van der Waals surface area contributed by atoms with Gasteiger partial charge in [-0.2, -0.15) is 0 Å². The molecule has 1 atom stereocenters. The molecule has 0 aromatic heterocycles. The Morgan fingerprint density at radius 1 is 1.09 bits per heavy atom. The van der Waals surface area contributed by atoms with E-state index in [-0.39, 0.29) is 22.6 Å². The van der Waals surface area contributed by atoms with Crippen LogP contribution in [0.15, 0.2) is 0 Å². The average molecular weight is 373 g/mol. The predicted octanol–water partition coefficient (Wildman–Crippen LogP) is 3.46. The minimum Gasteiger partial charge on any atom is -0.427 e. The lowest BCUT2D eigenvalue weighted by Crippen LogP contribution is -2.54. The van der Waals surface area contributed by atoms with E-state index in [1.54, 1.807) is 0 Å². The molecule has 1 unspecified atom stereocenters. The lowest BCUT2D eigenvalue weighted by molar-refractivity contribution is -0.202. The molecule has 0 radical (unpaired) electrons. The van der Waals surface area contributed by atoms with Crippen molar-refractivity contribution in [3.05, 3.63) is 0 Å². The lowest BCUT2D eigenvalue weighted by atomic mass is 9.48. The molecule has 4 fully saturated rings. The van der Waals surface area contributed by atoms with Crippen LogP contribution in [0.1, 0.15) is 52.4 Å². The van der Waals surface area contributed by atoms with E-state index in [9.17, 15) is 9.59 Å². The average Bonchev–Trinajstić information content (AvgIpc) is 2.43. The monoisotopic (exact) mass is 372 g/mol. The van der Waals surface area contributed by atoms with Gasteiger partial charge in [-0.15, -0.1) is 0 Å². The molecule has 0 aliphatic heterocycles. The van der Waals surface area contributed by atoms with Gasteiger partial charge in [-0.1, -0.05) is 15.9 Å². The molecule has 0 heterocycles. The third-order valence-corrected chi connectivity index (χ3v) is 5.98. The van der Waals surface area contributed by atoms with Gasteiger partial charge in [0.2, 0.25) is 5.78 Å². The van der Waals surface area contributed by atoms with Gasteiger partial charge in [0.15, 0.2) is 0 Å². The van der Waals surface area contributed by atoms with Crippen molar-refractivity contribution in [1.29, 1.82) is 0 Å². The number of alkyl halides is 1. The number of carbonyl (C=O) groups is 2. The first-order chi connectivity index (χ1) is 10.4. The highest BCUT2D eigenvalue weighted by Crippen LogP contribution is 2.60. The number of esters is 1. The SMILES string of the molecule is CC(C)OC(OC(=O)CBr)C(=O)C12CC3CC(CC(C3)C1)C2. The van der Waals surface area contributed by atoms with Crippen molar-refractivity contribution in [2.45, 2.75) is 64.8 Å². The molecular formula is C17H25BrO4. The summed E-state index contributed by atoms with van der Waals surface area (Å²) in [6.45, 7) is 3.73. The molecule has 0 aromatic rings. The normalized spacial score (nSPS) is 37.4. The fraction of sp³-hybridized carbons (Fsp3) is 0.882. The van der Waals surface area contributed by atoms with E-state index in [0.29, 0.717) is 17.8 Å². The highest BCUT2D eigenvalue weighted by atomic mass is 79.9. The minimum absolute atomic E-state index is 0.00889. The van der Waals surface area contributed by atoms with Crippen molar-refractivity contribution in [1.82, 2.24) is 0 Å². The zero-order valence-corrected chi connectivity index (χ0v) is 14.9. The van der Waals surface area contributed by atoms with Crippen LogP contribution in [0.4, 0.5) is 0 Å². The summed E-state index contributed by atoms with van der Waals surface area (Å²) < 4.78 is 11.0. The maximum atomic E-state index is 13.2. The molecule has 0 N–H and O–H groups in total. The van der Waals surface area contributed by atoms with Crippen molar-refractivity contribution < 1.29 is 19.1 Å². The Morgan fingerprint density at radius 2 is 1.59 bits per heavy atom. The van der Waals surface area contributed by atoms with E-state index in [2.05, 4.69) is 15.9 Å². The first-order valence-electron chi connectivity index (χ1n) is 8.37. The summed E-state index contributed by atoms with van der Waals surface area (Å²) in [5.41, 5.74) is -0.305. The maximum absolute atomic E-state index is 13.2. The summed E-state index contributed by atoms with van der Waals surface area (Å²) >= 11 is 3.08. The summed E-state index contributed by atoms with van der Waals surface area (Å²) in [5.74, 6) is 1.61. The van der Waals surface area contributed by atoms with Crippen molar-refractivity contribution in [3.8, 4) is 0 Å². The fourth-order valence-electron chi connectivity index (χ4n) is 5.20. The van der Waals surface area contributed by atoms with Gasteiger partial charge in [-0.3, -0.25) is 9.59 Å². The van der Waals surface area contributed by atoms with Crippen LogP contribution in [-0.2, 0) is 19.1 Å². The first kappa shape index (κ1) is 16.4. The van der Waals surface area contributed by atoms with Gasteiger partial charge >= 0.3 is 5.97 Å². The topological polar surface area (TPSA) is 52.6 Å². The van der Waals surface area contributed by atoms with E-state index in [1.807, 2.05) is 13.8 Å². The maximum Gasteiger partial charge on any atom is 0.319 e. The number of halogens is 1. The number of ketones is 1. The Labute approximate surface area is 140 Å². The van der Waals surface area contributed by atoms with Crippen LogP contribution in [0.3, 0.4) is 0 Å². The predicted molar refractivity (Wildman–Crippen MR) is 85.5 cm³/mol. The molecule has 5 heteroatoms. The van der Waals surface area contributed by atoms with Gasteiger partial charge in [0.1, 0.15) is 5.33 Å². The zero-order valence-electron chi connectivity index (χ0n) is 13.3. The second-order valence-electron chi connectivity index (χ2n) is 7.70. The molecule has 4 nitrogen and oxygen atoms in total. The van der Waals surface area contributed by atoms with E-state index in [0.717, 1.165) is 19.3 Å². The molecule has 22 heavy (non-hydrogen) atoms. The van der Waals surface area contributed by atoms with Crippen LogP contribution in [0, 0.1) is 23.2 Å². The van der Waals surface area contributed by atoms with Crippen LogP contribution < -0.4 is 0 Å². The summed E-state index contributed by atoms with van der Waals surface area (Å²) in [5, 5.41) is 0.0825. The highest BCUT2D eigenvalue weighted by Gasteiger charge is 2.56. The molecule has 0 aromatic carbocycles. The number of hydrogen-bond donors (Lipinski definition) is 0. The van der Waals surface area contributed by atoms with Crippen molar-refractivity contribution >= 4 is 27.7 Å². The van der Waals surface area contributed by atoms with Crippen LogP contribution in [0.25, 0.3) is 0 Å². The third kappa shape index (κ3) is 3.12. The number of Topliss-reactive ketones (excluding diaryl/α,β-unsaturated/α-hetero) is 1. The van der Waals surface area contributed by atoms with Crippen molar-refractivity contribution in [2.75, 3.05) is 5.33 Å². The van der Waals surface area contributed by atoms with E-state index in [4.69, 9.17) is 9.47 Å². The van der Waals surface area contributed by atoms with Crippen LogP contribution in [-0.4, -0.2) is 29.5 Å². The summed E-state index contributed by atoms with van der Waals surface area (Å²) in [6, 6.07) is 0. The summed E-state index contributed by atoms with van der Waals surface area (Å²) in [6.07, 6.45) is 5.54. The highest BCUT2D eigenvalue weighted by molar-refractivity contribution is 9.09. The largest absolute Gasteiger partial charge is 0.427 e. The molecule has 4 bridgehead atoms. The first-order valence-corrected chi connectivity index (χ1v) is 9.49. The van der Waals surface area contributed by atoms with E-state index in [1.165, 1.54) is 19.3 Å². The van der Waals surface area contributed by atoms with Gasteiger partial charge < -0.3 is 9.47 Å². The van der Waals surface area contributed by atoms with Gasteiger partial charge in [-0.25, -0.2) is 0 Å². The standard InChI is InChI=1S/C17H25BrO4/c1-10(2)21-16(22-14(19)9-18)15(20)17-6-11-3-12(7-17)5-13(4-11)8-17/h10-13,16H,3-9H2,1-2H3. The molecule has 124 valence electrons. The number of hydrogen-bond acceptors (Lipinski definition) is 4. The van der Waals surface area contributed by atoms with Gasteiger partial charge in [-0.05, 0) is 70.1 Å². The number of rotatable bonds is 6. The Balaban J connectivity index is 1.78. The van der Waals surface area contributed by atoms with Crippen LogP contribution >= 0.6 is 15.9 Å². The summed E-state index contributed by atoms with van der Waals surface area (Å²) in [7, 11) is 0. The van der Waals surface area contributed by atoms with Gasteiger partial charge in [0.25, 0.3) is 6.29 Å². The fourth-order valence-corrected chi connectivity index (χ4v) is 5.34. The Kier molecular flexibility index (Phi) is 4.66. The Morgan fingerprint density at radius 3 is 2.00 bits per heavy atom. The Bertz CT molecular complexity index is 424. The zero-order chi connectivity index (χ0) is 15.9. The summed E-state index contributed by atoms with van der Waals surface area (Å²) in [4.78, 5) is 24.8. The molecule has 4 rings (SSSR count). The second-order valence-corrected chi connectivity index (χ2v) is 8.26. The molecule has 0 amide bonds. The quantitative estimate of drug-likeness (QED) is 0.407. The number of carbonyl (C=O) groups excluding carboxylic acids is 2. The van der Waals surface area contributed by atoms with Gasteiger partial charge in [0, 0.05) is 5.41 Å². The molecular weight excluding hydrogens is 348 g/mol. The van der Waals surface area contributed by atoms with Crippen molar-refractivity contribution in [3.63, 3.8) is 0 Å². The second kappa shape index (κ2) is 6.23. The van der Waals surface area contributed by atoms with Crippen molar-refractivity contribution in [2.24, 2.45) is 23.2 Å².